The highest BCUT2D eigenvalue weighted by atomic mass is 31.1. The Balaban J connectivity index is 0. The van der Waals surface area contributed by atoms with E-state index >= 15 is 0 Å². The lowest BCUT2D eigenvalue weighted by molar-refractivity contribution is -0.870. The molecule has 0 aromatic rings. The maximum absolute atomic E-state index is 11.4. The molecule has 1 unspecified atom stereocenters. The van der Waals surface area contributed by atoms with E-state index in [2.05, 4.69) is 13.2 Å². The summed E-state index contributed by atoms with van der Waals surface area (Å²) in [7, 11) is 4.35. The molecule has 0 heterocycles. The molecule has 23 heavy (non-hydrogen) atoms. The number of ether oxygens (including phenoxy) is 1. The van der Waals surface area contributed by atoms with Crippen LogP contribution in [-0.2, 0) is 23.4 Å². The van der Waals surface area contributed by atoms with Crippen molar-refractivity contribution in [1.82, 2.24) is 0 Å². The lowest BCUT2D eigenvalue weighted by Gasteiger charge is -2.21. The number of hydrogen-bond donors (Lipinski definition) is 0. The van der Waals surface area contributed by atoms with Crippen LogP contribution in [0.3, 0.4) is 0 Å². The van der Waals surface area contributed by atoms with Crippen molar-refractivity contribution in [3.05, 3.63) is 24.3 Å². The van der Waals surface area contributed by atoms with Crippen molar-refractivity contribution in [2.45, 2.75) is 13.8 Å². The van der Waals surface area contributed by atoms with Crippen LogP contribution in [0.15, 0.2) is 24.3 Å². The third-order valence-corrected chi connectivity index (χ3v) is 3.22. The molecule has 0 amide bonds. The first-order valence-corrected chi connectivity index (χ1v) is 8.30. The van der Waals surface area contributed by atoms with Gasteiger partial charge in [0, 0.05) is 5.57 Å². The van der Waals surface area contributed by atoms with Crippen molar-refractivity contribution in [3.63, 3.8) is 0 Å². The lowest BCUT2D eigenvalue weighted by atomic mass is 10.4. The van der Waals surface area contributed by atoms with Crippen molar-refractivity contribution in [2.75, 3.05) is 47.1 Å². The molecule has 0 aliphatic heterocycles. The molecule has 0 radical (unpaired) electrons. The average molecular weight is 348 g/mol. The van der Waals surface area contributed by atoms with Crippen molar-refractivity contribution in [2.24, 2.45) is 0 Å². The van der Waals surface area contributed by atoms with Crippen LogP contribution in [0.2, 0.25) is 0 Å². The number of carboxylic acids is 1. The number of likely N-dealkylation sites (N-methyl/N-ethyl adjacent to an activating group) is 1. The number of carbonyl (C=O) groups excluding carboxylic acids is 2. The number of esters is 1. The van der Waals surface area contributed by atoms with Gasteiger partial charge in [0.15, 0.2) is 6.61 Å². The van der Waals surface area contributed by atoms with Crippen LogP contribution in [0.25, 0.3) is 0 Å². The molecule has 1 atom stereocenters. The van der Waals surface area contributed by atoms with E-state index in [4.69, 9.17) is 9.26 Å². The number of quaternary nitrogens is 1. The summed E-state index contributed by atoms with van der Waals surface area (Å²) in [4.78, 5) is 20.5. The van der Waals surface area contributed by atoms with Crippen molar-refractivity contribution < 1.29 is 33.0 Å². The zero-order chi connectivity index (χ0) is 18.6. The second-order valence-corrected chi connectivity index (χ2v) is 7.26. The lowest BCUT2D eigenvalue weighted by Crippen LogP contribution is -2.37. The van der Waals surface area contributed by atoms with Gasteiger partial charge in [-0.25, -0.2) is 4.79 Å². The number of carboxylic acid groups (broad SMARTS) is 1. The summed E-state index contributed by atoms with van der Waals surface area (Å²) in [5.74, 6) is -1.64. The Morgan fingerprint density at radius 3 is 1.91 bits per heavy atom. The summed E-state index contributed by atoms with van der Waals surface area (Å²) >= 11 is 0. The van der Waals surface area contributed by atoms with E-state index in [9.17, 15) is 19.3 Å². The number of carbonyl (C=O) groups is 2. The molecule has 132 valence electrons. The number of nitrogens with zero attached hydrogens (tertiary/aromatic N) is 1. The van der Waals surface area contributed by atoms with Crippen LogP contribution in [0, 0.1) is 0 Å². The molecule has 0 spiro atoms. The summed E-state index contributed by atoms with van der Waals surface area (Å²) in [6.45, 7) is 10.8. The van der Waals surface area contributed by atoms with Gasteiger partial charge in [0.25, 0.3) is 0 Å². The number of hydrogen-bond acceptors (Lipinski definition) is 6. The van der Waals surface area contributed by atoms with Crippen LogP contribution < -0.4 is 5.11 Å². The molecule has 0 N–H and O–H groups in total. The Hall–Kier alpha value is -1.56. The van der Waals surface area contributed by atoms with Crippen molar-refractivity contribution >= 4 is 20.0 Å². The minimum absolute atomic E-state index is 0.0648. The maximum atomic E-state index is 11.4. The summed E-state index contributed by atoms with van der Waals surface area (Å²) in [6, 6.07) is 0. The largest absolute Gasteiger partial charge is 0.545 e. The smallest absolute Gasteiger partial charge is 0.511 e. The molecule has 0 bridgehead atoms. The van der Waals surface area contributed by atoms with E-state index < -0.39 is 20.0 Å². The van der Waals surface area contributed by atoms with Gasteiger partial charge in [-0.2, -0.15) is 0 Å². The first-order chi connectivity index (χ1) is 10.4. The second-order valence-electron chi connectivity index (χ2n) is 5.89. The van der Waals surface area contributed by atoms with Crippen molar-refractivity contribution in [1.29, 1.82) is 0 Å². The standard InChI is InChI=1S/C11H22NO4P.C4H6O2/c1-10(2)11(13)15-8-9-17(14)16-7-6-12(3,4)5;1-3(2)4(5)6/h1,6-9H2,2-5H3;1H2,2H3,(H,5,6)/q+2;/p-1. The van der Waals surface area contributed by atoms with E-state index in [1.165, 1.54) is 6.92 Å². The van der Waals surface area contributed by atoms with Gasteiger partial charge in [-0.05, 0) is 24.0 Å². The average Bonchev–Trinajstić information content (AvgIpc) is 2.37. The van der Waals surface area contributed by atoms with E-state index in [0.29, 0.717) is 12.2 Å². The Kier molecular flexibility index (Phi) is 12.3. The number of aliphatic carboxylic acids is 1. The third-order valence-electron chi connectivity index (χ3n) is 2.20. The van der Waals surface area contributed by atoms with Crippen LogP contribution in [0.1, 0.15) is 13.8 Å². The highest BCUT2D eigenvalue weighted by Crippen LogP contribution is 2.21. The predicted molar refractivity (Wildman–Crippen MR) is 86.9 cm³/mol. The summed E-state index contributed by atoms with van der Waals surface area (Å²) in [5, 5.41) is 9.49. The topological polar surface area (TPSA) is 92.7 Å². The molecule has 0 fully saturated rings. The Morgan fingerprint density at radius 2 is 1.57 bits per heavy atom. The first-order valence-electron chi connectivity index (χ1n) is 6.94. The monoisotopic (exact) mass is 348 g/mol. The Bertz CT molecular complexity index is 441. The quantitative estimate of drug-likeness (QED) is 0.266. The van der Waals surface area contributed by atoms with E-state index in [0.717, 1.165) is 11.0 Å². The van der Waals surface area contributed by atoms with Crippen molar-refractivity contribution in [3.8, 4) is 0 Å². The molecule has 8 heteroatoms. The van der Waals surface area contributed by atoms with Gasteiger partial charge in [-0.3, -0.25) is 0 Å². The molecule has 0 rings (SSSR count). The molecular formula is C15H27NO6P+. The van der Waals surface area contributed by atoms with Gasteiger partial charge >= 0.3 is 14.0 Å². The minimum Gasteiger partial charge on any atom is -0.545 e. The molecule has 0 aromatic heterocycles. The SMILES string of the molecule is C=C(C)C(=O)OCC[P+](=O)OCC[N+](C)(C)C.C=C(C)C(=O)[O-]. The minimum atomic E-state index is -1.75. The van der Waals surface area contributed by atoms with E-state index in [-0.39, 0.29) is 18.3 Å². The second kappa shape index (κ2) is 11.9. The fourth-order valence-electron chi connectivity index (χ4n) is 0.817. The zero-order valence-corrected chi connectivity index (χ0v) is 15.5. The molecule has 7 nitrogen and oxygen atoms in total. The van der Waals surface area contributed by atoms with Gasteiger partial charge < -0.3 is 19.1 Å². The normalized spacial score (nSPS) is 10.9. The molecular weight excluding hydrogens is 321 g/mol. The van der Waals surface area contributed by atoms with Gasteiger partial charge in [0.2, 0.25) is 6.16 Å². The van der Waals surface area contributed by atoms with Gasteiger partial charge in [-0.15, -0.1) is 4.52 Å². The molecule has 0 aromatic carbocycles. The maximum Gasteiger partial charge on any atom is 0.511 e. The van der Waals surface area contributed by atoms with Gasteiger partial charge in [-0.1, -0.05) is 13.2 Å². The number of rotatable bonds is 9. The zero-order valence-electron chi connectivity index (χ0n) is 14.6. The van der Waals surface area contributed by atoms with Crippen LogP contribution in [-0.4, -0.2) is 63.5 Å². The Morgan fingerprint density at radius 1 is 1.09 bits per heavy atom. The predicted octanol–water partition coefficient (Wildman–Crippen LogP) is 0.883. The van der Waals surface area contributed by atoms with Gasteiger partial charge in [0.05, 0.1) is 27.1 Å². The third kappa shape index (κ3) is 18.4. The molecule has 0 aliphatic carbocycles. The summed E-state index contributed by atoms with van der Waals surface area (Å²) < 4.78 is 22.1. The summed E-state index contributed by atoms with van der Waals surface area (Å²) in [5.41, 5.74) is 0.404. The Labute approximate surface area is 139 Å². The van der Waals surface area contributed by atoms with Gasteiger partial charge in [0.1, 0.15) is 13.2 Å². The summed E-state index contributed by atoms with van der Waals surface area (Å²) in [6.07, 6.45) is 0.228. The van der Waals surface area contributed by atoms with E-state index in [1.807, 2.05) is 21.1 Å². The van der Waals surface area contributed by atoms with Crippen LogP contribution in [0.5, 0.6) is 0 Å². The fourth-order valence-corrected chi connectivity index (χ4v) is 1.47. The van der Waals surface area contributed by atoms with Crippen LogP contribution in [0.4, 0.5) is 0 Å². The molecule has 0 saturated heterocycles. The first kappa shape index (κ1) is 23.7. The fraction of sp³-hybridized carbons (Fsp3) is 0.600. The van der Waals surface area contributed by atoms with E-state index in [1.54, 1.807) is 6.92 Å². The van der Waals surface area contributed by atoms with Crippen LogP contribution >= 0.6 is 8.03 Å². The highest BCUT2D eigenvalue weighted by Gasteiger charge is 2.20. The molecule has 0 aliphatic rings. The molecule has 0 saturated carbocycles. The highest BCUT2D eigenvalue weighted by molar-refractivity contribution is 7.39.